The molecule has 0 fully saturated rings. The quantitative estimate of drug-likeness (QED) is 0.576. The summed E-state index contributed by atoms with van der Waals surface area (Å²) in [6.07, 6.45) is 0. The fourth-order valence-corrected chi connectivity index (χ4v) is 4.27. The third kappa shape index (κ3) is 3.75. The van der Waals surface area contributed by atoms with Crippen LogP contribution in [0.1, 0.15) is 27.7 Å². The van der Waals surface area contributed by atoms with E-state index < -0.39 is 0 Å². The Bertz CT molecular complexity index is 1070. The lowest BCUT2D eigenvalue weighted by Crippen LogP contribution is -2.15. The molecule has 3 aromatic rings. The number of ether oxygens (including phenoxy) is 2. The number of benzene rings is 2. The minimum Gasteiger partial charge on any atom is -0.497 e. The number of carbonyl (C=O) groups is 1. The van der Waals surface area contributed by atoms with Gasteiger partial charge in [0.15, 0.2) is 0 Å². The smallest absolute Gasteiger partial charge is 0.208 e. The molecule has 3 rings (SSSR count). The van der Waals surface area contributed by atoms with E-state index in [-0.39, 0.29) is 11.5 Å². The van der Waals surface area contributed by atoms with E-state index in [1.165, 1.54) is 18.4 Å². The number of thiophene rings is 1. The SMILES string of the molecule is CCN(c1ccccc1)c1sc(C(=O)c2ccc(OC)cc2OC)c(N)c1C#N. The third-order valence-corrected chi connectivity index (χ3v) is 5.75. The van der Waals surface area contributed by atoms with Crippen LogP contribution in [0.15, 0.2) is 48.5 Å². The standard InChI is InChI=1S/C22H21N3O3S/c1-4-25(14-8-6-5-7-9-14)22-17(13-23)19(24)21(29-22)20(26)16-11-10-15(27-2)12-18(16)28-3/h5-12H,4,24H2,1-3H3. The molecule has 0 bridgehead atoms. The number of hydrogen-bond acceptors (Lipinski definition) is 7. The average Bonchev–Trinajstić information content (AvgIpc) is 3.09. The molecule has 0 unspecified atom stereocenters. The molecular formula is C22H21N3O3S. The molecule has 0 radical (unpaired) electrons. The zero-order valence-electron chi connectivity index (χ0n) is 16.4. The first kappa shape index (κ1) is 20.2. The number of carbonyl (C=O) groups excluding carboxylic acids is 1. The molecule has 0 saturated carbocycles. The molecule has 0 aliphatic heterocycles. The van der Waals surface area contributed by atoms with Gasteiger partial charge in [-0.05, 0) is 31.2 Å². The van der Waals surface area contributed by atoms with E-state index in [0.717, 1.165) is 5.69 Å². The first-order valence-corrected chi connectivity index (χ1v) is 9.79. The Morgan fingerprint density at radius 1 is 1.17 bits per heavy atom. The van der Waals surface area contributed by atoms with Gasteiger partial charge in [-0.2, -0.15) is 5.26 Å². The summed E-state index contributed by atoms with van der Waals surface area (Å²) in [6, 6.07) is 16.8. The van der Waals surface area contributed by atoms with Crippen LogP contribution in [0.4, 0.5) is 16.4 Å². The van der Waals surface area contributed by atoms with Gasteiger partial charge in [0.05, 0.1) is 25.5 Å². The summed E-state index contributed by atoms with van der Waals surface area (Å²) >= 11 is 1.21. The van der Waals surface area contributed by atoms with Crippen molar-refractivity contribution >= 4 is 33.5 Å². The second-order valence-corrected chi connectivity index (χ2v) is 7.11. The van der Waals surface area contributed by atoms with E-state index in [1.54, 1.807) is 25.3 Å². The number of nitrogens with zero attached hydrogens (tertiary/aromatic N) is 2. The molecule has 29 heavy (non-hydrogen) atoms. The maximum Gasteiger partial charge on any atom is 0.208 e. The monoisotopic (exact) mass is 407 g/mol. The molecule has 0 aliphatic carbocycles. The maximum absolute atomic E-state index is 13.3. The maximum atomic E-state index is 13.3. The summed E-state index contributed by atoms with van der Waals surface area (Å²) in [5, 5.41) is 10.4. The molecular weight excluding hydrogens is 386 g/mol. The minimum absolute atomic E-state index is 0.185. The van der Waals surface area contributed by atoms with Crippen LogP contribution in [0.3, 0.4) is 0 Å². The Balaban J connectivity index is 2.11. The van der Waals surface area contributed by atoms with Gasteiger partial charge in [-0.15, -0.1) is 11.3 Å². The van der Waals surface area contributed by atoms with Crippen LogP contribution in [0.5, 0.6) is 11.5 Å². The Labute approximate surface area is 173 Å². The van der Waals surface area contributed by atoms with Crippen molar-refractivity contribution in [2.24, 2.45) is 0 Å². The first-order valence-electron chi connectivity index (χ1n) is 8.97. The van der Waals surface area contributed by atoms with Gasteiger partial charge in [-0.25, -0.2) is 0 Å². The molecule has 2 N–H and O–H groups in total. The molecule has 1 heterocycles. The van der Waals surface area contributed by atoms with Gasteiger partial charge in [-0.1, -0.05) is 18.2 Å². The van der Waals surface area contributed by atoms with Crippen molar-refractivity contribution in [2.45, 2.75) is 6.92 Å². The number of hydrogen-bond donors (Lipinski definition) is 1. The van der Waals surface area contributed by atoms with E-state index in [9.17, 15) is 10.1 Å². The molecule has 1 aromatic heterocycles. The lowest BCUT2D eigenvalue weighted by molar-refractivity contribution is 0.104. The van der Waals surface area contributed by atoms with E-state index in [4.69, 9.17) is 15.2 Å². The molecule has 0 atom stereocenters. The van der Waals surface area contributed by atoms with E-state index in [0.29, 0.717) is 39.0 Å². The van der Waals surface area contributed by atoms with Crippen LogP contribution in [-0.2, 0) is 0 Å². The highest BCUT2D eigenvalue weighted by molar-refractivity contribution is 7.19. The Kier molecular flexibility index (Phi) is 6.05. The number of nitriles is 1. The number of anilines is 3. The number of nitrogens with two attached hydrogens (primary N) is 1. The average molecular weight is 407 g/mol. The Morgan fingerprint density at radius 3 is 2.48 bits per heavy atom. The topological polar surface area (TPSA) is 88.6 Å². The fraction of sp³-hybridized carbons (Fsp3) is 0.182. The molecule has 7 heteroatoms. The van der Waals surface area contributed by atoms with Crippen LogP contribution in [-0.4, -0.2) is 26.5 Å². The van der Waals surface area contributed by atoms with Crippen molar-refractivity contribution in [2.75, 3.05) is 31.4 Å². The van der Waals surface area contributed by atoms with Gasteiger partial charge in [0.2, 0.25) is 5.78 Å². The number of methoxy groups -OCH3 is 2. The molecule has 0 saturated heterocycles. The second-order valence-electron chi connectivity index (χ2n) is 6.11. The van der Waals surface area contributed by atoms with Crippen molar-refractivity contribution in [3.8, 4) is 17.6 Å². The summed E-state index contributed by atoms with van der Waals surface area (Å²) in [6.45, 7) is 2.61. The van der Waals surface area contributed by atoms with Crippen molar-refractivity contribution in [3.63, 3.8) is 0 Å². The number of ketones is 1. The zero-order chi connectivity index (χ0) is 21.0. The lowest BCUT2D eigenvalue weighted by Gasteiger charge is -2.21. The highest BCUT2D eigenvalue weighted by Gasteiger charge is 2.27. The summed E-state index contributed by atoms with van der Waals surface area (Å²) in [4.78, 5) is 15.5. The van der Waals surface area contributed by atoms with Crippen LogP contribution < -0.4 is 20.1 Å². The largest absolute Gasteiger partial charge is 0.497 e. The molecule has 0 aliphatic rings. The van der Waals surface area contributed by atoms with Gasteiger partial charge in [0.1, 0.15) is 33.0 Å². The van der Waals surface area contributed by atoms with Gasteiger partial charge in [0.25, 0.3) is 0 Å². The Hall–Kier alpha value is -3.50. The van der Waals surface area contributed by atoms with E-state index >= 15 is 0 Å². The van der Waals surface area contributed by atoms with E-state index in [1.807, 2.05) is 42.2 Å². The van der Waals surface area contributed by atoms with Crippen molar-refractivity contribution < 1.29 is 14.3 Å². The van der Waals surface area contributed by atoms with Crippen LogP contribution in [0, 0.1) is 11.3 Å². The highest BCUT2D eigenvalue weighted by Crippen LogP contribution is 2.42. The summed E-state index contributed by atoms with van der Waals surface area (Å²) in [5.74, 6) is 0.675. The van der Waals surface area contributed by atoms with Gasteiger partial charge in [0, 0.05) is 18.3 Å². The van der Waals surface area contributed by atoms with Gasteiger partial charge < -0.3 is 20.1 Å². The van der Waals surface area contributed by atoms with Gasteiger partial charge in [-0.3, -0.25) is 4.79 Å². The molecule has 0 amide bonds. The number of para-hydroxylation sites is 1. The van der Waals surface area contributed by atoms with Crippen LogP contribution in [0.2, 0.25) is 0 Å². The number of rotatable bonds is 7. The minimum atomic E-state index is -0.293. The van der Waals surface area contributed by atoms with Crippen molar-refractivity contribution in [3.05, 3.63) is 64.5 Å². The predicted molar refractivity (Wildman–Crippen MR) is 116 cm³/mol. The predicted octanol–water partition coefficient (Wildman–Crippen LogP) is 4.61. The second kappa shape index (κ2) is 8.67. The first-order chi connectivity index (χ1) is 14.0. The third-order valence-electron chi connectivity index (χ3n) is 4.53. The fourth-order valence-electron chi connectivity index (χ4n) is 3.06. The Morgan fingerprint density at radius 2 is 1.90 bits per heavy atom. The van der Waals surface area contributed by atoms with Crippen LogP contribution in [0.25, 0.3) is 0 Å². The molecule has 0 spiro atoms. The molecule has 6 nitrogen and oxygen atoms in total. The molecule has 148 valence electrons. The zero-order valence-corrected chi connectivity index (χ0v) is 17.2. The van der Waals surface area contributed by atoms with Crippen molar-refractivity contribution in [1.82, 2.24) is 0 Å². The van der Waals surface area contributed by atoms with Gasteiger partial charge >= 0.3 is 0 Å². The highest BCUT2D eigenvalue weighted by atomic mass is 32.1. The summed E-state index contributed by atoms with van der Waals surface area (Å²) in [5.41, 5.74) is 8.02. The van der Waals surface area contributed by atoms with Crippen LogP contribution >= 0.6 is 11.3 Å². The summed E-state index contributed by atoms with van der Waals surface area (Å²) in [7, 11) is 3.03. The van der Waals surface area contributed by atoms with Crippen molar-refractivity contribution in [1.29, 1.82) is 5.26 Å². The number of nitrogen functional groups attached to an aromatic ring is 1. The van der Waals surface area contributed by atoms with E-state index in [2.05, 4.69) is 6.07 Å². The summed E-state index contributed by atoms with van der Waals surface area (Å²) < 4.78 is 10.6. The molecule has 2 aromatic carbocycles. The normalized spacial score (nSPS) is 10.3. The lowest BCUT2D eigenvalue weighted by atomic mass is 10.1.